The van der Waals surface area contributed by atoms with Gasteiger partial charge in [-0.25, -0.2) is 13.6 Å². The van der Waals surface area contributed by atoms with Crippen molar-refractivity contribution in [1.82, 2.24) is 0 Å². The Balaban J connectivity index is 2.47. The van der Waals surface area contributed by atoms with Gasteiger partial charge in [0.05, 0.1) is 4.90 Å². The van der Waals surface area contributed by atoms with Crippen LogP contribution in [0.25, 0.3) is 11.1 Å². The molecule has 6 heteroatoms. The van der Waals surface area contributed by atoms with E-state index in [1.54, 1.807) is 30.3 Å². The normalized spacial score (nSPS) is 11.5. The van der Waals surface area contributed by atoms with Gasteiger partial charge in [0.25, 0.3) is 0 Å². The SMILES string of the molecule is NS(=O)(=O)c1ccc(-c2ccc(Cl)cc2Cl)cc1. The third kappa shape index (κ3) is 2.84. The maximum atomic E-state index is 11.1. The van der Waals surface area contributed by atoms with Crippen molar-refractivity contribution in [3.63, 3.8) is 0 Å². The zero-order valence-corrected chi connectivity index (χ0v) is 11.4. The highest BCUT2D eigenvalue weighted by atomic mass is 35.5. The molecule has 0 amide bonds. The van der Waals surface area contributed by atoms with Crippen LogP contribution in [0.1, 0.15) is 0 Å². The lowest BCUT2D eigenvalue weighted by atomic mass is 10.1. The molecule has 0 radical (unpaired) electrons. The van der Waals surface area contributed by atoms with Crippen LogP contribution in [0.2, 0.25) is 10.0 Å². The Morgan fingerprint density at radius 1 is 0.944 bits per heavy atom. The predicted octanol–water partition coefficient (Wildman–Crippen LogP) is 3.31. The molecule has 0 aliphatic carbocycles. The molecule has 0 unspecified atom stereocenters. The van der Waals surface area contributed by atoms with Gasteiger partial charge < -0.3 is 0 Å². The van der Waals surface area contributed by atoms with Gasteiger partial charge in [-0.2, -0.15) is 0 Å². The monoisotopic (exact) mass is 301 g/mol. The third-order valence-electron chi connectivity index (χ3n) is 2.42. The Morgan fingerprint density at radius 3 is 2.06 bits per heavy atom. The standard InChI is InChI=1S/C12H9Cl2NO2S/c13-9-3-6-11(12(14)7-9)8-1-4-10(5-2-8)18(15,16)17/h1-7H,(H2,15,16,17). The van der Waals surface area contributed by atoms with E-state index < -0.39 is 10.0 Å². The van der Waals surface area contributed by atoms with Crippen LogP contribution in [-0.4, -0.2) is 8.42 Å². The van der Waals surface area contributed by atoms with E-state index in [1.165, 1.54) is 12.1 Å². The van der Waals surface area contributed by atoms with E-state index in [0.29, 0.717) is 10.0 Å². The molecule has 0 spiro atoms. The summed E-state index contributed by atoms with van der Waals surface area (Å²) in [5.74, 6) is 0. The second kappa shape index (κ2) is 4.90. The van der Waals surface area contributed by atoms with Gasteiger partial charge in [-0.15, -0.1) is 0 Å². The second-order valence-electron chi connectivity index (χ2n) is 3.69. The largest absolute Gasteiger partial charge is 0.238 e. The summed E-state index contributed by atoms with van der Waals surface area (Å²) in [6, 6.07) is 11.3. The average molecular weight is 302 g/mol. The van der Waals surface area contributed by atoms with Gasteiger partial charge in [-0.05, 0) is 29.8 Å². The molecule has 2 rings (SSSR count). The van der Waals surface area contributed by atoms with Gasteiger partial charge in [0.1, 0.15) is 0 Å². The summed E-state index contributed by atoms with van der Waals surface area (Å²) in [5.41, 5.74) is 1.58. The quantitative estimate of drug-likeness (QED) is 0.925. The van der Waals surface area contributed by atoms with Crippen molar-refractivity contribution in [3.05, 3.63) is 52.5 Å². The summed E-state index contributed by atoms with van der Waals surface area (Å²) >= 11 is 11.9. The van der Waals surface area contributed by atoms with Crippen molar-refractivity contribution in [2.45, 2.75) is 4.90 Å². The predicted molar refractivity (Wildman–Crippen MR) is 73.3 cm³/mol. The van der Waals surface area contributed by atoms with E-state index in [9.17, 15) is 8.42 Å². The Morgan fingerprint density at radius 2 is 1.56 bits per heavy atom. The molecule has 94 valence electrons. The van der Waals surface area contributed by atoms with Crippen molar-refractivity contribution in [2.75, 3.05) is 0 Å². The van der Waals surface area contributed by atoms with Crippen molar-refractivity contribution in [1.29, 1.82) is 0 Å². The minimum atomic E-state index is -3.67. The Kier molecular flexibility index (Phi) is 3.64. The molecular weight excluding hydrogens is 293 g/mol. The van der Waals surface area contributed by atoms with Crippen molar-refractivity contribution >= 4 is 33.2 Å². The first-order valence-electron chi connectivity index (χ1n) is 4.96. The molecule has 0 saturated heterocycles. The fourth-order valence-corrected chi connectivity index (χ4v) is 2.58. The van der Waals surface area contributed by atoms with Gasteiger partial charge in [-0.1, -0.05) is 41.4 Å². The average Bonchev–Trinajstić information content (AvgIpc) is 2.28. The lowest BCUT2D eigenvalue weighted by molar-refractivity contribution is 0.598. The molecule has 0 fully saturated rings. The Bertz CT molecular complexity index is 682. The molecule has 2 aromatic rings. The minimum Gasteiger partial charge on any atom is -0.225 e. The molecule has 0 atom stereocenters. The number of nitrogens with two attached hydrogens (primary N) is 1. The Labute approximate surface area is 115 Å². The fourth-order valence-electron chi connectivity index (χ4n) is 1.55. The van der Waals surface area contributed by atoms with Crippen LogP contribution in [0.3, 0.4) is 0 Å². The maximum absolute atomic E-state index is 11.1. The molecule has 0 bridgehead atoms. The van der Waals surface area contributed by atoms with E-state index in [1.807, 2.05) is 0 Å². The molecule has 0 aromatic heterocycles. The number of halogens is 2. The molecule has 3 nitrogen and oxygen atoms in total. The summed E-state index contributed by atoms with van der Waals surface area (Å²) in [5, 5.41) is 6.08. The molecule has 0 saturated carbocycles. The van der Waals surface area contributed by atoms with E-state index in [-0.39, 0.29) is 4.90 Å². The van der Waals surface area contributed by atoms with E-state index in [4.69, 9.17) is 28.3 Å². The lowest BCUT2D eigenvalue weighted by Crippen LogP contribution is -2.11. The van der Waals surface area contributed by atoms with Crippen LogP contribution in [0.5, 0.6) is 0 Å². The smallest absolute Gasteiger partial charge is 0.225 e. The van der Waals surface area contributed by atoms with Gasteiger partial charge in [0.2, 0.25) is 10.0 Å². The molecule has 0 aliphatic rings. The summed E-state index contributed by atoms with van der Waals surface area (Å²) < 4.78 is 22.3. The van der Waals surface area contributed by atoms with E-state index >= 15 is 0 Å². The highest BCUT2D eigenvalue weighted by molar-refractivity contribution is 7.89. The first-order chi connectivity index (χ1) is 8.38. The maximum Gasteiger partial charge on any atom is 0.238 e. The molecular formula is C12H9Cl2NO2S. The number of benzene rings is 2. The van der Waals surface area contributed by atoms with Crippen molar-refractivity contribution in [2.24, 2.45) is 5.14 Å². The summed E-state index contributed by atoms with van der Waals surface area (Å²) in [6.07, 6.45) is 0. The zero-order chi connectivity index (χ0) is 13.3. The van der Waals surface area contributed by atoms with Crippen LogP contribution in [0.4, 0.5) is 0 Å². The lowest BCUT2D eigenvalue weighted by Gasteiger charge is -2.06. The highest BCUT2D eigenvalue weighted by Crippen LogP contribution is 2.30. The van der Waals surface area contributed by atoms with Gasteiger partial charge in [-0.3, -0.25) is 0 Å². The van der Waals surface area contributed by atoms with E-state index in [2.05, 4.69) is 0 Å². The second-order valence-corrected chi connectivity index (χ2v) is 6.10. The third-order valence-corrected chi connectivity index (χ3v) is 3.90. The van der Waals surface area contributed by atoms with E-state index in [0.717, 1.165) is 11.1 Å². The highest BCUT2D eigenvalue weighted by Gasteiger charge is 2.09. The summed E-state index contributed by atoms with van der Waals surface area (Å²) in [6.45, 7) is 0. The summed E-state index contributed by atoms with van der Waals surface area (Å²) in [7, 11) is -3.67. The fraction of sp³-hybridized carbons (Fsp3) is 0. The van der Waals surface area contributed by atoms with Crippen LogP contribution >= 0.6 is 23.2 Å². The van der Waals surface area contributed by atoms with Crippen molar-refractivity contribution < 1.29 is 8.42 Å². The minimum absolute atomic E-state index is 0.0661. The summed E-state index contributed by atoms with van der Waals surface area (Å²) in [4.78, 5) is 0.0661. The molecule has 2 aromatic carbocycles. The number of primary sulfonamides is 1. The van der Waals surface area contributed by atoms with Crippen molar-refractivity contribution in [3.8, 4) is 11.1 Å². The molecule has 18 heavy (non-hydrogen) atoms. The topological polar surface area (TPSA) is 60.2 Å². The number of hydrogen-bond acceptors (Lipinski definition) is 2. The molecule has 0 aliphatic heterocycles. The molecule has 2 N–H and O–H groups in total. The number of sulfonamides is 1. The van der Waals surface area contributed by atoms with Crippen LogP contribution in [-0.2, 0) is 10.0 Å². The Hall–Kier alpha value is -1.07. The number of rotatable bonds is 2. The zero-order valence-electron chi connectivity index (χ0n) is 9.10. The first kappa shape index (κ1) is 13.4. The van der Waals surface area contributed by atoms with Crippen LogP contribution < -0.4 is 5.14 Å². The van der Waals surface area contributed by atoms with Gasteiger partial charge >= 0.3 is 0 Å². The molecule has 0 heterocycles. The van der Waals surface area contributed by atoms with Gasteiger partial charge in [0.15, 0.2) is 0 Å². The van der Waals surface area contributed by atoms with Gasteiger partial charge in [0, 0.05) is 15.6 Å². The van der Waals surface area contributed by atoms with Crippen LogP contribution in [0.15, 0.2) is 47.4 Å². The number of hydrogen-bond donors (Lipinski definition) is 1. The first-order valence-corrected chi connectivity index (χ1v) is 7.26. The van der Waals surface area contributed by atoms with Crippen LogP contribution in [0, 0.1) is 0 Å².